The zero-order valence-electron chi connectivity index (χ0n) is 32.0. The number of H-pyrrole nitrogens is 1. The second-order valence-electron chi connectivity index (χ2n) is 13.9. The van der Waals surface area contributed by atoms with E-state index in [1.165, 1.54) is 31.8 Å². The van der Waals surface area contributed by atoms with Crippen LogP contribution in [0.15, 0.2) is 41.7 Å². The molecular formula is C37H61KN6O5S. The third kappa shape index (κ3) is 16.5. The third-order valence-corrected chi connectivity index (χ3v) is 9.92. The summed E-state index contributed by atoms with van der Waals surface area (Å²) in [6.07, 6.45) is 12.1. The van der Waals surface area contributed by atoms with Crippen molar-refractivity contribution in [2.75, 3.05) is 46.7 Å². The first-order chi connectivity index (χ1) is 23.2. The predicted octanol–water partition coefficient (Wildman–Crippen LogP) is 3.07. The normalized spacial score (nSPS) is 18.1. The van der Waals surface area contributed by atoms with Gasteiger partial charge in [0.2, 0.25) is 11.8 Å². The van der Waals surface area contributed by atoms with E-state index in [2.05, 4.69) is 43.4 Å². The van der Waals surface area contributed by atoms with Gasteiger partial charge in [0.25, 0.3) is 5.56 Å². The van der Waals surface area contributed by atoms with Crippen molar-refractivity contribution in [1.82, 2.24) is 19.7 Å². The van der Waals surface area contributed by atoms with Gasteiger partial charge in [-0.05, 0) is 120 Å². The second-order valence-corrected chi connectivity index (χ2v) is 15.5. The number of hydroxylamine groups is 1. The zero-order valence-corrected chi connectivity index (χ0v) is 36.0. The number of methoxy groups -OCH3 is 1. The zero-order chi connectivity index (χ0) is 36.7. The quantitative estimate of drug-likeness (QED) is 0.122. The van der Waals surface area contributed by atoms with Gasteiger partial charge in [-0.25, -0.2) is 0 Å². The Balaban J connectivity index is 0.000000400. The maximum atomic E-state index is 12.6. The molecule has 3 unspecified atom stereocenters. The second kappa shape index (κ2) is 23.3. The molecule has 2 amide bonds. The van der Waals surface area contributed by atoms with Crippen LogP contribution in [0.4, 0.5) is 5.82 Å². The van der Waals surface area contributed by atoms with Crippen LogP contribution in [0, 0.1) is 17.0 Å². The average molecular weight is 741 g/mol. The first kappa shape index (κ1) is 46.6. The molecule has 2 saturated carbocycles. The van der Waals surface area contributed by atoms with Gasteiger partial charge < -0.3 is 40.2 Å². The Morgan fingerprint density at radius 1 is 1.18 bits per heavy atom. The summed E-state index contributed by atoms with van der Waals surface area (Å²) in [5.41, 5.74) is 4.42. The van der Waals surface area contributed by atoms with E-state index in [0.29, 0.717) is 34.4 Å². The van der Waals surface area contributed by atoms with Crippen molar-refractivity contribution in [3.05, 3.63) is 52.5 Å². The first-order valence-corrected chi connectivity index (χ1v) is 18.3. The number of hydrogen-bond donors (Lipinski definition) is 3. The largest absolute Gasteiger partial charge is 1.00 e. The van der Waals surface area contributed by atoms with E-state index in [1.807, 2.05) is 42.1 Å². The Morgan fingerprint density at radius 2 is 1.84 bits per heavy atom. The fourth-order valence-electron chi connectivity index (χ4n) is 5.75. The average Bonchev–Trinajstić information content (AvgIpc) is 3.96. The molecule has 3 aliphatic rings. The summed E-state index contributed by atoms with van der Waals surface area (Å²) in [6, 6.07) is 7.48. The number of hydrogen-bond acceptors (Lipinski definition) is 9. The number of nitrogens with one attached hydrogen (secondary N) is 2. The molecule has 2 aromatic rings. The molecule has 5 rings (SSSR count). The topological polar surface area (TPSA) is 147 Å². The molecule has 11 nitrogen and oxygen atoms in total. The number of carbonyl (C=O) groups excluding carboxylic acids is 2. The van der Waals surface area contributed by atoms with Crippen molar-refractivity contribution in [2.24, 2.45) is 17.6 Å². The Morgan fingerprint density at radius 3 is 2.36 bits per heavy atom. The Kier molecular flexibility index (Phi) is 21.7. The van der Waals surface area contributed by atoms with Crippen LogP contribution in [0.5, 0.6) is 5.75 Å². The number of fused-ring (bicyclic) bond motifs is 1. The molecule has 13 heteroatoms. The van der Waals surface area contributed by atoms with E-state index in [-0.39, 0.29) is 74.8 Å². The van der Waals surface area contributed by atoms with Gasteiger partial charge in [0.05, 0.1) is 7.11 Å². The number of anilines is 1. The number of rotatable bonds is 13. The number of nitrogens with two attached hydrogens (primary N) is 1. The van der Waals surface area contributed by atoms with Crippen LogP contribution in [-0.2, 0) is 9.59 Å². The Bertz CT molecular complexity index is 1400. The monoisotopic (exact) mass is 740 g/mol. The number of carbonyl (C=O) groups is 2. The number of pyridine rings is 1. The number of amides is 2. The van der Waals surface area contributed by atoms with Gasteiger partial charge >= 0.3 is 51.4 Å². The number of ether oxygens (including phenoxy) is 1. The van der Waals surface area contributed by atoms with E-state index >= 15 is 0 Å². The molecule has 1 aromatic heterocycles. The minimum Gasteiger partial charge on any atom is -0.776 e. The van der Waals surface area contributed by atoms with E-state index in [0.717, 1.165) is 72.9 Å². The third-order valence-electron chi connectivity index (χ3n) is 8.81. The van der Waals surface area contributed by atoms with Crippen LogP contribution in [0.3, 0.4) is 0 Å². The summed E-state index contributed by atoms with van der Waals surface area (Å²) >= 11 is 1.40. The molecule has 3 atom stereocenters. The van der Waals surface area contributed by atoms with Gasteiger partial charge in [0.15, 0.2) is 0 Å². The number of allylic oxidation sites excluding steroid dienone is 1. The summed E-state index contributed by atoms with van der Waals surface area (Å²) in [5, 5.41) is 15.0. The molecule has 1 saturated heterocycles. The standard InChI is InChI=1S/C19H32N2O2.C12H14N2O2.C5H10NOS.CH5N.K/c1-4-5-7-14(2)12-15(3)13-18(22)21-11-6-8-17(21)19(23)20-16-9-10-16;1-14(2)11-7-8-6-9(16-3)4-5-10(8)12(15)13-11;1-5(3-4-5)8-6(2)7;1-2;/h4,14-17H,1,5-13H2,2-3H3,(H,20,23);4-7H,1-3H3,(H,13,15);3-4H2,1-2H3;2H2,1H3;/q;;-1;;+1. The minimum atomic E-state index is -0.228. The maximum absolute atomic E-state index is 12.6. The fraction of sp³-hybridized carbons (Fsp3) is 0.649. The van der Waals surface area contributed by atoms with E-state index in [1.54, 1.807) is 26.3 Å². The van der Waals surface area contributed by atoms with Crippen molar-refractivity contribution >= 4 is 40.4 Å². The minimum absolute atomic E-state index is 0. The SMILES string of the molecule is C=CCCC(C)CC(C)CC(=O)N1CCCC1C(=O)NC1CC1.CN.CN([O-])SC1(C)CC1.COc1ccc2c(=O)[nH]c(N(C)C)cc2c1.[K+]. The molecule has 0 bridgehead atoms. The number of aromatic amines is 1. The van der Waals surface area contributed by atoms with Crippen LogP contribution in [0.2, 0.25) is 0 Å². The van der Waals surface area contributed by atoms with Gasteiger partial charge in [0.1, 0.15) is 17.6 Å². The molecule has 1 aliphatic heterocycles. The number of aromatic nitrogens is 1. The van der Waals surface area contributed by atoms with Crippen LogP contribution in [-0.4, -0.2) is 84.8 Å². The summed E-state index contributed by atoms with van der Waals surface area (Å²) < 4.78 is 6.38. The summed E-state index contributed by atoms with van der Waals surface area (Å²) in [5.74, 6) is 2.74. The van der Waals surface area contributed by atoms with Crippen molar-refractivity contribution in [1.29, 1.82) is 0 Å². The molecule has 3 fully saturated rings. The number of likely N-dealkylation sites (tertiary alicyclic amines) is 1. The van der Waals surface area contributed by atoms with Crippen LogP contribution < -0.4 is 77.6 Å². The first-order valence-electron chi connectivity index (χ1n) is 17.5. The maximum Gasteiger partial charge on any atom is 1.00 e. The Hall–Kier alpha value is -1.42. The van der Waals surface area contributed by atoms with Gasteiger partial charge in [-0.2, -0.15) is 0 Å². The molecule has 1 aromatic carbocycles. The Labute approximate surface area is 347 Å². The van der Waals surface area contributed by atoms with E-state index in [4.69, 9.17) is 4.74 Å². The van der Waals surface area contributed by atoms with Crippen LogP contribution in [0.1, 0.15) is 85.0 Å². The smallest absolute Gasteiger partial charge is 0.776 e. The van der Waals surface area contributed by atoms with Gasteiger partial charge in [0, 0.05) is 43.2 Å². The van der Waals surface area contributed by atoms with Gasteiger partial charge in [-0.1, -0.05) is 31.9 Å². The number of benzene rings is 1. The van der Waals surface area contributed by atoms with Gasteiger partial charge in [-0.15, -0.1) is 6.58 Å². The van der Waals surface area contributed by atoms with E-state index < -0.39 is 0 Å². The molecule has 2 heterocycles. The van der Waals surface area contributed by atoms with E-state index in [9.17, 15) is 19.6 Å². The molecule has 276 valence electrons. The molecule has 4 N–H and O–H groups in total. The van der Waals surface area contributed by atoms with Crippen LogP contribution in [0.25, 0.3) is 10.8 Å². The fourth-order valence-corrected chi connectivity index (χ4v) is 6.65. The van der Waals surface area contributed by atoms with Crippen molar-refractivity contribution in [3.8, 4) is 5.75 Å². The molecule has 0 spiro atoms. The molecule has 50 heavy (non-hydrogen) atoms. The van der Waals surface area contributed by atoms with Gasteiger partial charge in [-0.3, -0.25) is 14.4 Å². The summed E-state index contributed by atoms with van der Waals surface area (Å²) in [4.78, 5) is 43.2. The molecular weight excluding hydrogens is 680 g/mol. The number of nitrogens with zero attached hydrogens (tertiary/aromatic N) is 3. The van der Waals surface area contributed by atoms with Crippen molar-refractivity contribution in [2.45, 2.75) is 102 Å². The summed E-state index contributed by atoms with van der Waals surface area (Å²) in [6.45, 7) is 11.0. The predicted molar refractivity (Wildman–Crippen MR) is 205 cm³/mol. The molecule has 0 radical (unpaired) electrons. The van der Waals surface area contributed by atoms with Crippen molar-refractivity contribution in [3.63, 3.8) is 0 Å². The van der Waals surface area contributed by atoms with Crippen molar-refractivity contribution < 1.29 is 65.7 Å². The van der Waals surface area contributed by atoms with Crippen LogP contribution >= 0.6 is 11.9 Å². The summed E-state index contributed by atoms with van der Waals surface area (Å²) in [7, 11) is 8.43. The molecule has 2 aliphatic carbocycles.